The van der Waals surface area contributed by atoms with E-state index in [0.29, 0.717) is 34.5 Å². The lowest BCUT2D eigenvalue weighted by Crippen LogP contribution is -2.71. The first kappa shape index (κ1) is 26.8. The molecule has 3 atom stereocenters. The molecule has 2 aromatic heterocycles. The molecule has 42 heavy (non-hydrogen) atoms. The van der Waals surface area contributed by atoms with Crippen molar-refractivity contribution < 1.29 is 32.3 Å². The van der Waals surface area contributed by atoms with Crippen LogP contribution in [0.25, 0.3) is 11.2 Å². The van der Waals surface area contributed by atoms with Crippen LogP contribution in [0.15, 0.2) is 12.1 Å². The number of hydrogen-bond acceptors (Lipinski definition) is 5. The number of likely N-dealkylation sites (tertiary alicyclic amines) is 1. The molecule has 7 fully saturated rings. The van der Waals surface area contributed by atoms with Crippen LogP contribution in [0.5, 0.6) is 0 Å². The Morgan fingerprint density at radius 3 is 2.26 bits per heavy atom. The topological polar surface area (TPSA) is 111 Å². The number of halogens is 4. The molecular weight excluding hydrogens is 554 g/mol. The number of imidazole rings is 1. The second kappa shape index (κ2) is 8.66. The second-order valence-corrected chi connectivity index (χ2v) is 14.2. The highest BCUT2D eigenvalue weighted by Gasteiger charge is 2.74. The van der Waals surface area contributed by atoms with Crippen molar-refractivity contribution in [3.05, 3.63) is 23.7 Å². The van der Waals surface area contributed by atoms with Crippen molar-refractivity contribution in [1.82, 2.24) is 25.2 Å². The van der Waals surface area contributed by atoms with Crippen LogP contribution in [-0.4, -0.2) is 66.7 Å². The molecule has 2 aromatic rings. The van der Waals surface area contributed by atoms with Crippen LogP contribution in [0.4, 0.5) is 17.6 Å². The summed E-state index contributed by atoms with van der Waals surface area (Å²) < 4.78 is 56.9. The Morgan fingerprint density at radius 2 is 1.69 bits per heavy atom. The fraction of sp³-hybridized carbons (Fsp3) is 0.733. The molecule has 3 N–H and O–H groups in total. The maximum absolute atomic E-state index is 14.7. The first-order chi connectivity index (χ1) is 19.9. The average molecular weight is 590 g/mol. The van der Waals surface area contributed by atoms with E-state index in [1.165, 1.54) is 4.90 Å². The van der Waals surface area contributed by atoms with Gasteiger partial charge in [0.05, 0.1) is 28.7 Å². The van der Waals surface area contributed by atoms with E-state index in [-0.39, 0.29) is 56.9 Å². The van der Waals surface area contributed by atoms with Gasteiger partial charge in [-0.1, -0.05) is 0 Å². The number of alkyl halides is 4. The van der Waals surface area contributed by atoms with E-state index in [9.17, 15) is 32.3 Å². The van der Waals surface area contributed by atoms with Gasteiger partial charge in [0.1, 0.15) is 17.1 Å². The zero-order valence-electron chi connectivity index (χ0n) is 23.2. The van der Waals surface area contributed by atoms with E-state index in [0.717, 1.165) is 25.7 Å². The standard InChI is InChI=1S/C30H35F4N5O3/c31-24(32)30(42)9-10-39(26(41)27-12-28(33,13-27)14-27)19(11-30)17-5-6-18-22(35-17)38-23(36-18)21(37-25(40)29(34)7-8-29)20(15-1-2-15)16-3-4-16/h5-6,15-16,19-21,24,42H,1-4,7-14H2,(H,37,40)(H,35,36,38)/t19-,21?,27?,28?,30+/m1/s1. The van der Waals surface area contributed by atoms with Gasteiger partial charge in [-0.15, -0.1) is 0 Å². The normalized spacial score (nSPS) is 35.6. The fourth-order valence-electron chi connectivity index (χ4n) is 8.02. The van der Waals surface area contributed by atoms with Gasteiger partial charge in [-0.25, -0.2) is 27.5 Å². The SMILES string of the molecule is O=C(NC(c1nc2nc([C@H]3C[C@](O)(C(F)F)CCN3C(=O)C34CC(F)(C3)C4)ccc2[nH]1)C(C1CC1)C1CC1)C1(F)CC1. The molecular formula is C30H35F4N5O3. The summed E-state index contributed by atoms with van der Waals surface area (Å²) in [5.41, 5.74) is -5.02. The Labute approximate surface area is 240 Å². The van der Waals surface area contributed by atoms with E-state index >= 15 is 0 Å². The summed E-state index contributed by atoms with van der Waals surface area (Å²) in [5.74, 6) is 0.605. The number of carbonyl (C=O) groups excluding carboxylic acids is 2. The van der Waals surface area contributed by atoms with Crippen LogP contribution in [0.1, 0.15) is 94.2 Å². The third kappa shape index (κ3) is 4.17. The van der Waals surface area contributed by atoms with Gasteiger partial charge in [-0.2, -0.15) is 0 Å². The molecule has 1 unspecified atom stereocenters. The number of carbonyl (C=O) groups is 2. The molecule has 9 rings (SSSR count). The van der Waals surface area contributed by atoms with Gasteiger partial charge in [0, 0.05) is 13.0 Å². The molecule has 2 amide bonds. The number of piperidine rings is 1. The number of nitrogens with zero attached hydrogens (tertiary/aromatic N) is 3. The van der Waals surface area contributed by atoms with E-state index in [2.05, 4.69) is 15.3 Å². The summed E-state index contributed by atoms with van der Waals surface area (Å²) in [6.45, 7) is -0.0829. The highest BCUT2D eigenvalue weighted by Crippen LogP contribution is 2.70. The van der Waals surface area contributed by atoms with Gasteiger partial charge in [0.15, 0.2) is 11.3 Å². The van der Waals surface area contributed by atoms with Crippen LogP contribution < -0.4 is 5.32 Å². The van der Waals surface area contributed by atoms with Crippen molar-refractivity contribution >= 4 is 23.0 Å². The zero-order chi connectivity index (χ0) is 29.2. The Morgan fingerprint density at radius 1 is 1.02 bits per heavy atom. The number of rotatable bonds is 9. The average Bonchev–Trinajstić information content (AvgIpc) is 3.81. The zero-order valence-corrected chi connectivity index (χ0v) is 23.2. The van der Waals surface area contributed by atoms with E-state index in [1.807, 2.05) is 0 Å². The number of pyridine rings is 1. The second-order valence-electron chi connectivity index (χ2n) is 14.2. The molecule has 12 heteroatoms. The number of amides is 2. The third-order valence-corrected chi connectivity index (χ3v) is 10.9. The molecule has 0 aromatic carbocycles. The van der Waals surface area contributed by atoms with Crippen LogP contribution in [-0.2, 0) is 9.59 Å². The van der Waals surface area contributed by atoms with Gasteiger partial charge in [-0.05, 0) is 94.1 Å². The summed E-state index contributed by atoms with van der Waals surface area (Å²) >= 11 is 0. The molecule has 226 valence electrons. The third-order valence-electron chi connectivity index (χ3n) is 10.9. The van der Waals surface area contributed by atoms with E-state index in [1.54, 1.807) is 12.1 Å². The van der Waals surface area contributed by atoms with E-state index in [4.69, 9.17) is 4.98 Å². The molecule has 8 nitrogen and oxygen atoms in total. The maximum Gasteiger partial charge on any atom is 0.266 e. The Kier molecular flexibility index (Phi) is 5.54. The van der Waals surface area contributed by atoms with Crippen molar-refractivity contribution in [2.75, 3.05) is 6.54 Å². The lowest BCUT2D eigenvalue weighted by Gasteiger charge is -2.65. The van der Waals surface area contributed by atoms with Crippen molar-refractivity contribution in [1.29, 1.82) is 0 Å². The van der Waals surface area contributed by atoms with Gasteiger partial charge in [0.25, 0.3) is 12.3 Å². The van der Waals surface area contributed by atoms with Crippen molar-refractivity contribution in [3.8, 4) is 0 Å². The van der Waals surface area contributed by atoms with Gasteiger partial charge >= 0.3 is 0 Å². The lowest BCUT2D eigenvalue weighted by molar-refractivity contribution is -0.228. The van der Waals surface area contributed by atoms with Gasteiger partial charge < -0.3 is 20.3 Å². The summed E-state index contributed by atoms with van der Waals surface area (Å²) in [4.78, 5) is 40.6. The minimum Gasteiger partial charge on any atom is -0.384 e. The van der Waals surface area contributed by atoms with Crippen molar-refractivity contribution in [3.63, 3.8) is 0 Å². The molecule has 1 aliphatic heterocycles. The van der Waals surface area contributed by atoms with Crippen LogP contribution >= 0.6 is 0 Å². The number of aromatic nitrogens is 3. The highest BCUT2D eigenvalue weighted by atomic mass is 19.3. The van der Waals surface area contributed by atoms with Gasteiger partial charge in [-0.3, -0.25) is 9.59 Å². The quantitative estimate of drug-likeness (QED) is 0.370. The number of nitrogens with one attached hydrogen (secondary N) is 2. The largest absolute Gasteiger partial charge is 0.384 e. The van der Waals surface area contributed by atoms with E-state index < -0.39 is 53.2 Å². The predicted molar refractivity (Wildman–Crippen MR) is 142 cm³/mol. The van der Waals surface area contributed by atoms with Crippen LogP contribution in [0.3, 0.4) is 0 Å². The van der Waals surface area contributed by atoms with Crippen LogP contribution in [0.2, 0.25) is 0 Å². The smallest absolute Gasteiger partial charge is 0.266 e. The fourth-order valence-corrected chi connectivity index (χ4v) is 8.02. The molecule has 3 heterocycles. The lowest BCUT2D eigenvalue weighted by atomic mass is 9.41. The summed E-state index contributed by atoms with van der Waals surface area (Å²) in [6.07, 6.45) is 1.41. The minimum atomic E-state index is -3.00. The highest BCUT2D eigenvalue weighted by molar-refractivity contribution is 5.88. The molecule has 0 spiro atoms. The van der Waals surface area contributed by atoms with Crippen molar-refractivity contribution in [2.45, 2.75) is 106 Å². The summed E-state index contributed by atoms with van der Waals surface area (Å²) in [5, 5.41) is 13.7. The molecule has 6 aliphatic carbocycles. The summed E-state index contributed by atoms with van der Waals surface area (Å²) in [6, 6.07) is 1.92. The predicted octanol–water partition coefficient (Wildman–Crippen LogP) is 4.61. The molecule has 1 saturated heterocycles. The Hall–Kier alpha value is -2.76. The number of aliphatic hydroxyl groups is 1. The Balaban J connectivity index is 1.12. The van der Waals surface area contributed by atoms with Crippen molar-refractivity contribution in [2.24, 2.45) is 23.2 Å². The first-order valence-electron chi connectivity index (χ1n) is 15.3. The number of hydrogen-bond donors (Lipinski definition) is 3. The van der Waals surface area contributed by atoms with Crippen LogP contribution in [0, 0.1) is 23.2 Å². The number of fused-ring (bicyclic) bond motifs is 1. The summed E-state index contributed by atoms with van der Waals surface area (Å²) in [7, 11) is 0. The molecule has 6 saturated carbocycles. The minimum absolute atomic E-state index is 0.0829. The number of H-pyrrole nitrogens is 1. The monoisotopic (exact) mass is 589 g/mol. The number of aromatic amines is 1. The van der Waals surface area contributed by atoms with Gasteiger partial charge in [0.2, 0.25) is 5.91 Å². The maximum atomic E-state index is 14.7. The molecule has 7 aliphatic rings. The Bertz CT molecular complexity index is 1440. The molecule has 0 radical (unpaired) electrons. The molecule has 2 bridgehead atoms. The first-order valence-corrected chi connectivity index (χ1v) is 15.3.